The van der Waals surface area contributed by atoms with Gasteiger partial charge in [0.2, 0.25) is 0 Å². The van der Waals surface area contributed by atoms with E-state index >= 15 is 0 Å². The lowest BCUT2D eigenvalue weighted by molar-refractivity contribution is 0.0846. The molecule has 140 valence electrons. The fourth-order valence-electron chi connectivity index (χ4n) is 3.62. The molecule has 0 bridgehead atoms. The van der Waals surface area contributed by atoms with Gasteiger partial charge in [0.1, 0.15) is 5.75 Å². The molecular formula is C19H25N3O4. The molecule has 0 spiro atoms. The number of likely N-dealkylation sites (tertiary alicyclic amines) is 1. The lowest BCUT2D eigenvalue weighted by atomic mass is 9.96. The number of carboxylic acid groups (broad SMARTS) is 1. The Hall–Kier alpha value is -2.38. The van der Waals surface area contributed by atoms with Crippen LogP contribution in [0.3, 0.4) is 0 Å². The van der Waals surface area contributed by atoms with Crippen LogP contribution in [0.2, 0.25) is 0 Å². The van der Waals surface area contributed by atoms with Crippen LogP contribution in [0.4, 0.5) is 4.79 Å². The third-order valence-electron chi connectivity index (χ3n) is 4.92. The summed E-state index contributed by atoms with van der Waals surface area (Å²) in [6.45, 7) is 2.66. The molecule has 1 saturated heterocycles. The van der Waals surface area contributed by atoms with Gasteiger partial charge in [-0.2, -0.15) is 0 Å². The van der Waals surface area contributed by atoms with E-state index in [1.54, 1.807) is 13.3 Å². The minimum Gasteiger partial charge on any atom is -0.497 e. The van der Waals surface area contributed by atoms with E-state index in [9.17, 15) is 9.90 Å². The van der Waals surface area contributed by atoms with E-state index in [1.165, 1.54) is 0 Å². The maximum atomic E-state index is 10.8. The number of piperidine rings is 1. The van der Waals surface area contributed by atoms with E-state index in [-0.39, 0.29) is 5.92 Å². The number of aliphatic hydroxyl groups excluding tert-OH is 1. The molecule has 7 heteroatoms. The van der Waals surface area contributed by atoms with Gasteiger partial charge in [0.05, 0.1) is 18.7 Å². The molecule has 3 rings (SSSR count). The molecule has 1 aromatic heterocycles. The number of β-amino-alcohol motifs (C(OH)–C–C–N with tert-alkyl or cyclic N) is 1. The summed E-state index contributed by atoms with van der Waals surface area (Å²) in [5, 5.41) is 22.9. The summed E-state index contributed by atoms with van der Waals surface area (Å²) in [4.78, 5) is 17.2. The molecule has 7 nitrogen and oxygen atoms in total. The van der Waals surface area contributed by atoms with Gasteiger partial charge in [-0.1, -0.05) is 0 Å². The molecular weight excluding hydrogens is 334 g/mol. The first-order chi connectivity index (χ1) is 12.6. The van der Waals surface area contributed by atoms with Crippen LogP contribution in [0.5, 0.6) is 5.75 Å². The molecule has 3 N–H and O–H groups in total. The van der Waals surface area contributed by atoms with Gasteiger partial charge >= 0.3 is 6.09 Å². The van der Waals surface area contributed by atoms with Gasteiger partial charge in [0.25, 0.3) is 0 Å². The molecule has 0 saturated carbocycles. The Balaban J connectivity index is 1.70. The normalized spacial score (nSPS) is 19.2. The van der Waals surface area contributed by atoms with Crippen LogP contribution in [-0.4, -0.2) is 59.5 Å². The van der Waals surface area contributed by atoms with Crippen molar-refractivity contribution >= 4 is 17.0 Å². The van der Waals surface area contributed by atoms with Gasteiger partial charge in [-0.25, -0.2) is 4.79 Å². The average Bonchev–Trinajstić information content (AvgIpc) is 2.65. The number of aliphatic hydroxyl groups is 1. The SMILES string of the molecule is COc1ccc2nccc(C(O)CN3CCCC(CNC(=O)O)C3)c2c1. The van der Waals surface area contributed by atoms with Crippen LogP contribution < -0.4 is 10.1 Å². The molecule has 0 radical (unpaired) electrons. The second-order valence-electron chi connectivity index (χ2n) is 6.75. The summed E-state index contributed by atoms with van der Waals surface area (Å²) in [5.74, 6) is 1.01. The van der Waals surface area contributed by atoms with Crippen LogP contribution in [0.15, 0.2) is 30.5 Å². The van der Waals surface area contributed by atoms with Crippen molar-refractivity contribution < 1.29 is 19.7 Å². The number of aromatic nitrogens is 1. The number of rotatable bonds is 6. The highest BCUT2D eigenvalue weighted by atomic mass is 16.5. The Kier molecular flexibility index (Phi) is 5.90. The first kappa shape index (κ1) is 18.4. The highest BCUT2D eigenvalue weighted by molar-refractivity contribution is 5.83. The Morgan fingerprint density at radius 1 is 1.46 bits per heavy atom. The maximum Gasteiger partial charge on any atom is 0.404 e. The quantitative estimate of drug-likeness (QED) is 0.732. The number of hydrogen-bond acceptors (Lipinski definition) is 5. The smallest absolute Gasteiger partial charge is 0.404 e. The van der Waals surface area contributed by atoms with Crippen LogP contribution >= 0.6 is 0 Å². The lowest BCUT2D eigenvalue weighted by Gasteiger charge is -2.34. The minimum absolute atomic E-state index is 0.279. The zero-order chi connectivity index (χ0) is 18.5. The Labute approximate surface area is 152 Å². The van der Waals surface area contributed by atoms with Gasteiger partial charge in [-0.05, 0) is 55.1 Å². The lowest BCUT2D eigenvalue weighted by Crippen LogP contribution is -2.42. The van der Waals surface area contributed by atoms with Crippen LogP contribution in [-0.2, 0) is 0 Å². The predicted molar refractivity (Wildman–Crippen MR) is 98.4 cm³/mol. The largest absolute Gasteiger partial charge is 0.497 e. The van der Waals surface area contributed by atoms with Crippen LogP contribution in [0, 0.1) is 5.92 Å². The minimum atomic E-state index is -0.987. The second kappa shape index (κ2) is 8.33. The molecule has 2 atom stereocenters. The van der Waals surface area contributed by atoms with E-state index in [4.69, 9.17) is 9.84 Å². The van der Waals surface area contributed by atoms with Crippen molar-refractivity contribution in [2.75, 3.05) is 33.3 Å². The number of nitrogens with one attached hydrogen (secondary N) is 1. The van der Waals surface area contributed by atoms with Gasteiger partial charge in [0, 0.05) is 31.2 Å². The van der Waals surface area contributed by atoms with Gasteiger partial charge in [-0.3, -0.25) is 4.98 Å². The Morgan fingerprint density at radius 2 is 2.31 bits per heavy atom. The monoisotopic (exact) mass is 359 g/mol. The fraction of sp³-hybridized carbons (Fsp3) is 0.474. The molecule has 1 aliphatic heterocycles. The number of carbonyl (C=O) groups is 1. The molecule has 2 aromatic rings. The van der Waals surface area contributed by atoms with E-state index in [2.05, 4.69) is 15.2 Å². The van der Waals surface area contributed by atoms with E-state index in [1.807, 2.05) is 24.3 Å². The topological polar surface area (TPSA) is 94.9 Å². The van der Waals surface area contributed by atoms with Crippen molar-refractivity contribution in [1.82, 2.24) is 15.2 Å². The first-order valence-electron chi connectivity index (χ1n) is 8.86. The summed E-state index contributed by atoms with van der Waals surface area (Å²) in [7, 11) is 1.62. The molecule has 0 aliphatic carbocycles. The van der Waals surface area contributed by atoms with E-state index in [0.29, 0.717) is 13.1 Å². The highest BCUT2D eigenvalue weighted by Gasteiger charge is 2.23. The summed E-state index contributed by atoms with van der Waals surface area (Å²) in [6.07, 6.45) is 2.09. The third kappa shape index (κ3) is 4.42. The predicted octanol–water partition coefficient (Wildman–Crippen LogP) is 2.26. The zero-order valence-electron chi connectivity index (χ0n) is 14.9. The average molecular weight is 359 g/mol. The van der Waals surface area contributed by atoms with Crippen molar-refractivity contribution in [1.29, 1.82) is 0 Å². The number of hydrogen-bond donors (Lipinski definition) is 3. The summed E-state index contributed by atoms with van der Waals surface area (Å²) >= 11 is 0. The summed E-state index contributed by atoms with van der Waals surface area (Å²) in [5.41, 5.74) is 1.66. The first-order valence-corrected chi connectivity index (χ1v) is 8.86. The number of ether oxygens (including phenoxy) is 1. The van der Waals surface area contributed by atoms with Crippen molar-refractivity contribution in [2.45, 2.75) is 18.9 Å². The molecule has 26 heavy (non-hydrogen) atoms. The number of benzene rings is 1. The highest BCUT2D eigenvalue weighted by Crippen LogP contribution is 2.28. The summed E-state index contributed by atoms with van der Waals surface area (Å²) < 4.78 is 5.29. The van der Waals surface area contributed by atoms with Gasteiger partial charge in [0.15, 0.2) is 0 Å². The second-order valence-corrected chi connectivity index (χ2v) is 6.75. The molecule has 2 heterocycles. The molecule has 1 fully saturated rings. The number of methoxy groups -OCH3 is 1. The number of nitrogens with zero attached hydrogens (tertiary/aromatic N) is 2. The van der Waals surface area contributed by atoms with Crippen molar-refractivity contribution in [2.24, 2.45) is 5.92 Å². The van der Waals surface area contributed by atoms with Crippen molar-refractivity contribution in [3.63, 3.8) is 0 Å². The Morgan fingerprint density at radius 3 is 3.08 bits per heavy atom. The fourth-order valence-corrected chi connectivity index (χ4v) is 3.62. The van der Waals surface area contributed by atoms with E-state index < -0.39 is 12.2 Å². The van der Waals surface area contributed by atoms with Gasteiger partial charge in [-0.15, -0.1) is 0 Å². The van der Waals surface area contributed by atoms with Crippen LogP contribution in [0.25, 0.3) is 10.9 Å². The van der Waals surface area contributed by atoms with E-state index in [0.717, 1.165) is 48.1 Å². The standard InChI is InChI=1S/C19H25N3O4/c1-26-14-4-5-17-16(9-14)15(6-7-20-17)18(23)12-22-8-2-3-13(11-22)10-21-19(24)25/h4-7,9,13,18,21,23H,2-3,8,10-12H2,1H3,(H,24,25). The molecule has 2 unspecified atom stereocenters. The molecule has 1 aromatic carbocycles. The number of pyridine rings is 1. The molecule has 1 aliphatic rings. The number of fused-ring (bicyclic) bond motifs is 1. The Bertz CT molecular complexity index is 768. The third-order valence-corrected chi connectivity index (χ3v) is 4.92. The van der Waals surface area contributed by atoms with Crippen LogP contribution in [0.1, 0.15) is 24.5 Å². The zero-order valence-corrected chi connectivity index (χ0v) is 14.9. The number of amides is 1. The maximum absolute atomic E-state index is 10.8. The van der Waals surface area contributed by atoms with Crippen molar-refractivity contribution in [3.8, 4) is 5.75 Å². The summed E-state index contributed by atoms with van der Waals surface area (Å²) in [6, 6.07) is 7.49. The van der Waals surface area contributed by atoms with Gasteiger partial charge < -0.3 is 25.2 Å². The molecule has 1 amide bonds. The van der Waals surface area contributed by atoms with Crippen molar-refractivity contribution in [3.05, 3.63) is 36.0 Å².